The Bertz CT molecular complexity index is 1160. The van der Waals surface area contributed by atoms with Crippen molar-refractivity contribution in [1.82, 2.24) is 0 Å². The first kappa shape index (κ1) is 21.6. The highest BCUT2D eigenvalue weighted by molar-refractivity contribution is 7.89. The van der Waals surface area contributed by atoms with Crippen LogP contribution in [-0.2, 0) is 16.4 Å². The van der Waals surface area contributed by atoms with E-state index in [1.807, 2.05) is 12.1 Å². The molecule has 2 aromatic carbocycles. The van der Waals surface area contributed by atoms with E-state index >= 15 is 0 Å². The van der Waals surface area contributed by atoms with Crippen molar-refractivity contribution >= 4 is 16.0 Å². The molecule has 170 valence electrons. The van der Waals surface area contributed by atoms with Crippen molar-refractivity contribution in [3.05, 3.63) is 59.2 Å². The number of aliphatic hydroxyl groups is 1. The van der Waals surface area contributed by atoms with Crippen LogP contribution in [0.5, 0.6) is 5.75 Å². The summed E-state index contributed by atoms with van der Waals surface area (Å²) in [7, 11) is -3.80. The summed E-state index contributed by atoms with van der Waals surface area (Å²) >= 11 is 0. The number of carbonyl (C=O) groups excluding carboxylic acids is 1. The molecular weight excluding hydrogens is 426 g/mol. The molecule has 3 N–H and O–H groups in total. The monoisotopic (exact) mass is 455 g/mol. The quantitative estimate of drug-likeness (QED) is 0.541. The lowest BCUT2D eigenvalue weighted by atomic mass is 9.55. The van der Waals surface area contributed by atoms with Gasteiger partial charge in [-0.05, 0) is 109 Å². The molecule has 0 radical (unpaired) electrons. The van der Waals surface area contributed by atoms with Gasteiger partial charge in [0.1, 0.15) is 5.75 Å². The van der Waals surface area contributed by atoms with Crippen LogP contribution in [0.3, 0.4) is 0 Å². The van der Waals surface area contributed by atoms with Crippen LogP contribution >= 0.6 is 0 Å². The van der Waals surface area contributed by atoms with Gasteiger partial charge in [0.2, 0.25) is 10.0 Å². The van der Waals surface area contributed by atoms with Crippen molar-refractivity contribution < 1.29 is 23.1 Å². The van der Waals surface area contributed by atoms with Gasteiger partial charge in [0.25, 0.3) is 0 Å². The third kappa shape index (κ3) is 3.56. The molecule has 2 saturated carbocycles. The Kier molecular flexibility index (Phi) is 5.19. The standard InChI is InChI=1S/C25H29NO5S/c1-25-13-12-20-19-9-5-17(14-16(19)4-8-21(20)22(25)10-11-23(25)27)31-24(28)15-2-6-18(7-3-15)32(26,29)30/h2-3,5-7,9,14,20-23,27H,4,8,10-13H2,1H3,(H2,26,29,30)/t20?,21?,22?,23-,25-/m0/s1. The molecule has 0 spiro atoms. The van der Waals surface area contributed by atoms with Crippen molar-refractivity contribution in [3.63, 3.8) is 0 Å². The lowest BCUT2D eigenvalue weighted by Gasteiger charge is -2.50. The molecule has 7 heteroatoms. The Morgan fingerprint density at radius 2 is 1.84 bits per heavy atom. The minimum absolute atomic E-state index is 0.0456. The number of esters is 1. The second kappa shape index (κ2) is 7.68. The lowest BCUT2D eigenvalue weighted by Crippen LogP contribution is -2.43. The van der Waals surface area contributed by atoms with E-state index in [9.17, 15) is 18.3 Å². The van der Waals surface area contributed by atoms with Gasteiger partial charge in [-0.15, -0.1) is 0 Å². The van der Waals surface area contributed by atoms with E-state index in [0.717, 1.165) is 38.5 Å². The molecular formula is C25H29NO5S. The topological polar surface area (TPSA) is 107 Å². The second-order valence-electron chi connectivity index (χ2n) is 9.87. The van der Waals surface area contributed by atoms with Crippen molar-refractivity contribution in [2.75, 3.05) is 0 Å². The fraction of sp³-hybridized carbons (Fsp3) is 0.480. The van der Waals surface area contributed by atoms with Crippen LogP contribution in [0.2, 0.25) is 0 Å². The van der Waals surface area contributed by atoms with E-state index in [2.05, 4.69) is 13.0 Å². The number of primary sulfonamides is 1. The number of ether oxygens (including phenoxy) is 1. The fourth-order valence-corrected chi connectivity index (χ4v) is 7.06. The Balaban J connectivity index is 1.33. The van der Waals surface area contributed by atoms with Gasteiger partial charge in [0, 0.05) is 0 Å². The zero-order valence-electron chi connectivity index (χ0n) is 18.2. The highest BCUT2D eigenvalue weighted by Crippen LogP contribution is 2.60. The first-order chi connectivity index (χ1) is 15.2. The van der Waals surface area contributed by atoms with E-state index in [1.54, 1.807) is 0 Å². The van der Waals surface area contributed by atoms with Crippen molar-refractivity contribution in [2.24, 2.45) is 22.4 Å². The SMILES string of the molecule is C[C@]12CCC3c4ccc(OC(=O)c5ccc(S(N)(=O)=O)cc5)cc4CCC3C1CC[C@@H]2O. The molecule has 0 amide bonds. The average molecular weight is 456 g/mol. The molecule has 0 heterocycles. The molecule has 32 heavy (non-hydrogen) atoms. The van der Waals surface area contributed by atoms with Gasteiger partial charge in [-0.1, -0.05) is 13.0 Å². The first-order valence-corrected chi connectivity index (χ1v) is 12.9. The number of fused-ring (bicyclic) bond motifs is 5. The largest absolute Gasteiger partial charge is 0.423 e. The van der Waals surface area contributed by atoms with Gasteiger partial charge in [-0.2, -0.15) is 0 Å². The summed E-state index contributed by atoms with van der Waals surface area (Å²) in [6, 6.07) is 11.3. The molecule has 5 atom stereocenters. The maximum absolute atomic E-state index is 12.5. The lowest BCUT2D eigenvalue weighted by molar-refractivity contribution is -0.0226. The van der Waals surface area contributed by atoms with Gasteiger partial charge >= 0.3 is 5.97 Å². The number of hydrogen-bond acceptors (Lipinski definition) is 5. The molecule has 3 aliphatic carbocycles. The van der Waals surface area contributed by atoms with E-state index < -0.39 is 16.0 Å². The van der Waals surface area contributed by atoms with Crippen LogP contribution < -0.4 is 9.88 Å². The molecule has 2 aromatic rings. The van der Waals surface area contributed by atoms with Crippen LogP contribution in [0, 0.1) is 17.3 Å². The smallest absolute Gasteiger partial charge is 0.343 e. The summed E-state index contributed by atoms with van der Waals surface area (Å²) in [4.78, 5) is 12.5. The highest BCUT2D eigenvalue weighted by atomic mass is 32.2. The van der Waals surface area contributed by atoms with Crippen LogP contribution in [0.4, 0.5) is 0 Å². The summed E-state index contributed by atoms with van der Waals surface area (Å²) in [6.07, 6.45) is 6.08. The maximum atomic E-state index is 12.5. The third-order valence-electron chi connectivity index (χ3n) is 8.28. The van der Waals surface area contributed by atoms with Crippen molar-refractivity contribution in [2.45, 2.75) is 62.4 Å². The number of hydrogen-bond donors (Lipinski definition) is 2. The van der Waals surface area contributed by atoms with Gasteiger partial charge < -0.3 is 9.84 Å². The molecule has 5 rings (SSSR count). The van der Waals surface area contributed by atoms with Gasteiger partial charge in [-0.3, -0.25) is 0 Å². The maximum Gasteiger partial charge on any atom is 0.343 e. The Morgan fingerprint density at radius 1 is 1.09 bits per heavy atom. The van der Waals surface area contributed by atoms with Crippen LogP contribution in [0.25, 0.3) is 0 Å². The normalized spacial score (nSPS) is 31.3. The molecule has 0 bridgehead atoms. The van der Waals surface area contributed by atoms with Gasteiger partial charge in [0.05, 0.1) is 16.6 Å². The first-order valence-electron chi connectivity index (χ1n) is 11.3. The molecule has 2 fully saturated rings. The van der Waals surface area contributed by atoms with Crippen molar-refractivity contribution in [3.8, 4) is 5.75 Å². The number of aryl methyl sites for hydroxylation is 1. The molecule has 3 unspecified atom stereocenters. The van der Waals surface area contributed by atoms with Crippen LogP contribution in [0.15, 0.2) is 47.4 Å². The average Bonchev–Trinajstić information content (AvgIpc) is 3.07. The molecule has 3 aliphatic rings. The minimum atomic E-state index is -3.80. The minimum Gasteiger partial charge on any atom is -0.423 e. The number of rotatable bonds is 3. The predicted octanol–water partition coefficient (Wildman–Crippen LogP) is 3.77. The molecule has 0 aliphatic heterocycles. The van der Waals surface area contributed by atoms with Crippen molar-refractivity contribution in [1.29, 1.82) is 0 Å². The number of sulfonamides is 1. The summed E-state index contributed by atoms with van der Waals surface area (Å²) in [5.41, 5.74) is 2.93. The van der Waals surface area contributed by atoms with Crippen LogP contribution in [-0.4, -0.2) is 25.6 Å². The third-order valence-corrected chi connectivity index (χ3v) is 9.21. The zero-order valence-corrected chi connectivity index (χ0v) is 19.0. The van der Waals surface area contributed by atoms with E-state index in [1.165, 1.54) is 35.4 Å². The fourth-order valence-electron chi connectivity index (χ4n) is 6.54. The number of carbonyl (C=O) groups is 1. The summed E-state index contributed by atoms with van der Waals surface area (Å²) in [6.45, 7) is 2.28. The van der Waals surface area contributed by atoms with E-state index in [0.29, 0.717) is 23.5 Å². The number of nitrogens with two attached hydrogens (primary N) is 1. The summed E-state index contributed by atoms with van der Waals surface area (Å²) in [5, 5.41) is 15.7. The molecule has 0 aromatic heterocycles. The van der Waals surface area contributed by atoms with Gasteiger partial charge in [-0.25, -0.2) is 18.4 Å². The summed E-state index contributed by atoms with van der Waals surface area (Å²) < 4.78 is 28.3. The highest BCUT2D eigenvalue weighted by Gasteiger charge is 2.54. The Labute approximate surface area is 188 Å². The number of aliphatic hydroxyl groups excluding tert-OH is 1. The second-order valence-corrected chi connectivity index (χ2v) is 11.4. The zero-order chi connectivity index (χ0) is 22.7. The van der Waals surface area contributed by atoms with E-state index in [-0.39, 0.29) is 22.0 Å². The number of benzene rings is 2. The Morgan fingerprint density at radius 3 is 2.56 bits per heavy atom. The molecule has 0 saturated heterocycles. The van der Waals surface area contributed by atoms with E-state index in [4.69, 9.17) is 9.88 Å². The van der Waals surface area contributed by atoms with Gasteiger partial charge in [0.15, 0.2) is 0 Å². The molecule has 6 nitrogen and oxygen atoms in total. The predicted molar refractivity (Wildman–Crippen MR) is 120 cm³/mol. The van der Waals surface area contributed by atoms with Crippen LogP contribution in [0.1, 0.15) is 66.4 Å². The summed E-state index contributed by atoms with van der Waals surface area (Å²) in [5.74, 6) is 1.68. The Hall–Kier alpha value is -2.22.